The number of rotatable bonds is 9. The summed E-state index contributed by atoms with van der Waals surface area (Å²) in [5.74, 6) is 1.56. The van der Waals surface area contributed by atoms with Crippen molar-refractivity contribution >= 4 is 33.6 Å². The van der Waals surface area contributed by atoms with Gasteiger partial charge in [-0.3, -0.25) is 14.8 Å². The van der Waals surface area contributed by atoms with E-state index in [9.17, 15) is 18.5 Å². The summed E-state index contributed by atoms with van der Waals surface area (Å²) in [4.78, 5) is 10.1. The highest BCUT2D eigenvalue weighted by Crippen LogP contribution is 2.38. The maximum atomic E-state index is 12.6. The van der Waals surface area contributed by atoms with E-state index in [-0.39, 0.29) is 10.6 Å². The van der Waals surface area contributed by atoms with Crippen molar-refractivity contribution in [1.29, 1.82) is 0 Å². The van der Waals surface area contributed by atoms with E-state index in [1.165, 1.54) is 39.5 Å². The van der Waals surface area contributed by atoms with Crippen LogP contribution in [0.2, 0.25) is 0 Å². The zero-order valence-electron chi connectivity index (χ0n) is 18.1. The van der Waals surface area contributed by atoms with Gasteiger partial charge in [0.2, 0.25) is 5.75 Å². The maximum absolute atomic E-state index is 12.6. The third-order valence-electron chi connectivity index (χ3n) is 4.66. The van der Waals surface area contributed by atoms with Gasteiger partial charge in [0, 0.05) is 17.8 Å². The SMILES string of the molecule is COc1cc(/C=C\c2ccc(NS(=O)(=O)c3cccc([N+](=O)[O-])c3)cc2)cc(OC)c1OC. The van der Waals surface area contributed by atoms with E-state index < -0.39 is 14.9 Å². The number of benzene rings is 3. The Balaban J connectivity index is 1.78. The number of nitro benzene ring substituents is 1. The van der Waals surface area contributed by atoms with Gasteiger partial charge in [-0.05, 0) is 41.5 Å². The smallest absolute Gasteiger partial charge is 0.270 e. The summed E-state index contributed by atoms with van der Waals surface area (Å²) in [7, 11) is 0.641. The average Bonchev–Trinajstić information content (AvgIpc) is 2.82. The number of methoxy groups -OCH3 is 3. The van der Waals surface area contributed by atoms with E-state index in [1.807, 2.05) is 12.2 Å². The van der Waals surface area contributed by atoms with Crippen molar-refractivity contribution in [2.45, 2.75) is 4.90 Å². The molecule has 9 nitrogen and oxygen atoms in total. The van der Waals surface area contributed by atoms with Crippen molar-refractivity contribution in [3.05, 3.63) is 81.9 Å². The largest absolute Gasteiger partial charge is 0.493 e. The maximum Gasteiger partial charge on any atom is 0.270 e. The van der Waals surface area contributed by atoms with Crippen LogP contribution in [0.5, 0.6) is 17.2 Å². The molecule has 0 saturated heterocycles. The van der Waals surface area contributed by atoms with Gasteiger partial charge in [0.25, 0.3) is 15.7 Å². The highest BCUT2D eigenvalue weighted by molar-refractivity contribution is 7.92. The minimum Gasteiger partial charge on any atom is -0.493 e. The first kappa shape index (κ1) is 23.6. The molecule has 10 heteroatoms. The summed E-state index contributed by atoms with van der Waals surface area (Å²) in [6, 6.07) is 15.1. The molecule has 3 aromatic carbocycles. The van der Waals surface area contributed by atoms with Gasteiger partial charge in [0.15, 0.2) is 11.5 Å². The highest BCUT2D eigenvalue weighted by Gasteiger charge is 2.17. The Labute approximate surface area is 191 Å². The lowest BCUT2D eigenvalue weighted by atomic mass is 10.1. The van der Waals surface area contributed by atoms with Crippen molar-refractivity contribution < 1.29 is 27.6 Å². The van der Waals surface area contributed by atoms with Crippen molar-refractivity contribution in [3.8, 4) is 17.2 Å². The van der Waals surface area contributed by atoms with E-state index in [4.69, 9.17) is 14.2 Å². The Morgan fingerprint density at radius 1 is 0.848 bits per heavy atom. The molecule has 0 atom stereocenters. The number of non-ortho nitro benzene ring substituents is 1. The molecule has 0 fully saturated rings. The fourth-order valence-corrected chi connectivity index (χ4v) is 4.13. The third kappa shape index (κ3) is 5.60. The van der Waals surface area contributed by atoms with E-state index in [1.54, 1.807) is 36.4 Å². The van der Waals surface area contributed by atoms with E-state index in [0.717, 1.165) is 17.2 Å². The van der Waals surface area contributed by atoms with Gasteiger partial charge in [0.05, 0.1) is 31.1 Å². The van der Waals surface area contributed by atoms with Crippen molar-refractivity contribution in [1.82, 2.24) is 0 Å². The molecule has 0 amide bonds. The highest BCUT2D eigenvalue weighted by atomic mass is 32.2. The van der Waals surface area contributed by atoms with Crippen LogP contribution < -0.4 is 18.9 Å². The Kier molecular flexibility index (Phi) is 7.19. The molecule has 3 rings (SSSR count). The number of anilines is 1. The van der Waals surface area contributed by atoms with Gasteiger partial charge in [-0.2, -0.15) is 0 Å². The van der Waals surface area contributed by atoms with Crippen LogP contribution in [0.4, 0.5) is 11.4 Å². The molecular formula is C23H22N2O7S. The minimum absolute atomic E-state index is 0.192. The van der Waals surface area contributed by atoms with Crippen LogP contribution in [-0.4, -0.2) is 34.7 Å². The average molecular weight is 471 g/mol. The van der Waals surface area contributed by atoms with Crippen LogP contribution in [0.15, 0.2) is 65.6 Å². The lowest BCUT2D eigenvalue weighted by molar-refractivity contribution is -0.385. The molecule has 0 unspecified atom stereocenters. The Bertz CT molecular complexity index is 1260. The first-order valence-electron chi connectivity index (χ1n) is 9.63. The first-order chi connectivity index (χ1) is 15.8. The summed E-state index contributed by atoms with van der Waals surface area (Å²) in [6.45, 7) is 0. The van der Waals surface area contributed by atoms with Crippen LogP contribution in [0.1, 0.15) is 11.1 Å². The monoisotopic (exact) mass is 470 g/mol. The van der Waals surface area contributed by atoms with E-state index in [0.29, 0.717) is 22.9 Å². The van der Waals surface area contributed by atoms with Crippen LogP contribution in [-0.2, 0) is 10.0 Å². The molecule has 3 aromatic rings. The molecule has 172 valence electrons. The van der Waals surface area contributed by atoms with Crippen LogP contribution in [0.25, 0.3) is 12.2 Å². The summed E-state index contributed by atoms with van der Waals surface area (Å²) in [5.41, 5.74) is 1.67. The van der Waals surface area contributed by atoms with Crippen molar-refractivity contribution in [2.24, 2.45) is 0 Å². The standard InChI is InChI=1S/C23H22N2O7S/c1-30-21-13-17(14-22(31-2)23(21)32-3)8-7-16-9-11-18(12-10-16)24-33(28,29)20-6-4-5-19(15-20)25(26)27/h4-15,24H,1-3H3/b8-7-. The molecule has 0 spiro atoms. The van der Waals surface area contributed by atoms with Gasteiger partial charge in [0.1, 0.15) is 0 Å². The van der Waals surface area contributed by atoms with Crippen molar-refractivity contribution in [2.75, 3.05) is 26.1 Å². The summed E-state index contributed by atoms with van der Waals surface area (Å²) in [6.07, 6.45) is 3.70. The van der Waals surface area contributed by atoms with Crippen LogP contribution in [0, 0.1) is 10.1 Å². The molecule has 0 saturated carbocycles. The summed E-state index contributed by atoms with van der Waals surface area (Å²) in [5, 5.41) is 10.9. The number of ether oxygens (including phenoxy) is 3. The fraction of sp³-hybridized carbons (Fsp3) is 0.130. The second-order valence-electron chi connectivity index (χ2n) is 6.77. The van der Waals surface area contributed by atoms with Gasteiger partial charge in [-0.1, -0.05) is 30.4 Å². The molecule has 1 N–H and O–H groups in total. The Hall–Kier alpha value is -4.05. The second-order valence-corrected chi connectivity index (χ2v) is 8.46. The number of sulfonamides is 1. The number of hydrogen-bond donors (Lipinski definition) is 1. The van der Waals surface area contributed by atoms with E-state index >= 15 is 0 Å². The number of nitrogens with zero attached hydrogens (tertiary/aromatic N) is 1. The predicted octanol–water partition coefficient (Wildman–Crippen LogP) is 4.59. The molecule has 0 aliphatic rings. The first-order valence-corrected chi connectivity index (χ1v) is 11.1. The molecular weight excluding hydrogens is 448 g/mol. The number of hydrogen-bond acceptors (Lipinski definition) is 7. The molecule has 33 heavy (non-hydrogen) atoms. The zero-order chi connectivity index (χ0) is 24.0. The van der Waals surface area contributed by atoms with Crippen molar-refractivity contribution in [3.63, 3.8) is 0 Å². The summed E-state index contributed by atoms with van der Waals surface area (Å²) < 4.78 is 43.6. The molecule has 0 aliphatic heterocycles. The van der Waals surface area contributed by atoms with Gasteiger partial charge < -0.3 is 14.2 Å². The molecule has 0 radical (unpaired) electrons. The van der Waals surface area contributed by atoms with Crippen LogP contribution >= 0.6 is 0 Å². The minimum atomic E-state index is -3.97. The quantitative estimate of drug-likeness (QED) is 0.276. The Morgan fingerprint density at radius 2 is 1.45 bits per heavy atom. The summed E-state index contributed by atoms with van der Waals surface area (Å²) >= 11 is 0. The zero-order valence-corrected chi connectivity index (χ0v) is 19.0. The molecule has 0 aliphatic carbocycles. The predicted molar refractivity (Wildman–Crippen MR) is 125 cm³/mol. The molecule has 0 aromatic heterocycles. The second kappa shape index (κ2) is 10.0. The lowest BCUT2D eigenvalue weighted by Crippen LogP contribution is -2.13. The third-order valence-corrected chi connectivity index (χ3v) is 6.04. The number of nitro groups is 1. The Morgan fingerprint density at radius 3 is 2.00 bits per heavy atom. The van der Waals surface area contributed by atoms with Gasteiger partial charge in [-0.25, -0.2) is 8.42 Å². The topological polar surface area (TPSA) is 117 Å². The molecule has 0 bridgehead atoms. The van der Waals surface area contributed by atoms with Gasteiger partial charge in [-0.15, -0.1) is 0 Å². The molecule has 0 heterocycles. The number of nitrogens with one attached hydrogen (secondary N) is 1. The van der Waals surface area contributed by atoms with Crippen LogP contribution in [0.3, 0.4) is 0 Å². The lowest BCUT2D eigenvalue weighted by Gasteiger charge is -2.12. The van der Waals surface area contributed by atoms with E-state index in [2.05, 4.69) is 4.72 Å². The van der Waals surface area contributed by atoms with Gasteiger partial charge >= 0.3 is 0 Å². The normalized spacial score (nSPS) is 11.2. The fourth-order valence-electron chi connectivity index (χ4n) is 3.03.